The highest BCUT2D eigenvalue weighted by atomic mass is 32.2. The van der Waals surface area contributed by atoms with Gasteiger partial charge in [0.15, 0.2) is 11.6 Å². The molecule has 4 rings (SSSR count). The van der Waals surface area contributed by atoms with E-state index < -0.39 is 15.4 Å². The zero-order valence-electron chi connectivity index (χ0n) is 20.5. The third kappa shape index (κ3) is 4.47. The average Bonchev–Trinajstić information content (AvgIpc) is 2.79. The highest BCUT2D eigenvalue weighted by Gasteiger charge is 2.49. The van der Waals surface area contributed by atoms with Crippen molar-refractivity contribution in [2.75, 3.05) is 5.32 Å². The maximum atomic E-state index is 14.3. The topological polar surface area (TPSA) is 116 Å². The predicted molar refractivity (Wildman–Crippen MR) is 137 cm³/mol. The van der Waals surface area contributed by atoms with Crippen molar-refractivity contribution in [3.05, 3.63) is 59.2 Å². The Hall–Kier alpha value is -3.13. The van der Waals surface area contributed by atoms with Gasteiger partial charge in [0.05, 0.1) is 11.1 Å². The first kappa shape index (κ1) is 25.0. The second-order valence-corrected chi connectivity index (χ2v) is 11.8. The van der Waals surface area contributed by atoms with E-state index in [0.29, 0.717) is 30.2 Å². The van der Waals surface area contributed by atoms with Gasteiger partial charge in [-0.25, -0.2) is 0 Å². The third-order valence-corrected chi connectivity index (χ3v) is 8.15. The fourth-order valence-corrected chi connectivity index (χ4v) is 6.02. The van der Waals surface area contributed by atoms with Gasteiger partial charge in [0, 0.05) is 11.6 Å². The van der Waals surface area contributed by atoms with Gasteiger partial charge in [0.25, 0.3) is 10.0 Å². The zero-order chi connectivity index (χ0) is 25.5. The molecule has 7 nitrogen and oxygen atoms in total. The quantitative estimate of drug-likeness (QED) is 0.432. The predicted octanol–water partition coefficient (Wildman–Crippen LogP) is 5.57. The van der Waals surface area contributed by atoms with Gasteiger partial charge in [-0.05, 0) is 55.2 Å². The van der Waals surface area contributed by atoms with Gasteiger partial charge in [-0.1, -0.05) is 52.0 Å². The number of nitrogens with one attached hydrogen (secondary N) is 1. The van der Waals surface area contributed by atoms with Gasteiger partial charge in [-0.3, -0.25) is 4.79 Å². The molecule has 0 fully saturated rings. The number of hydrogen-bond acceptors (Lipinski definition) is 6. The summed E-state index contributed by atoms with van der Waals surface area (Å²) in [5.41, 5.74) is 0.467. The fraction of sp³-hybridized carbons (Fsp3) is 0.407. The van der Waals surface area contributed by atoms with Crippen LogP contribution in [0.2, 0.25) is 0 Å². The maximum Gasteiger partial charge on any atom is 0.286 e. The number of aromatic hydroxyl groups is 1. The number of amidine groups is 1. The highest BCUT2D eigenvalue weighted by Crippen LogP contribution is 2.47. The molecule has 0 amide bonds. The summed E-state index contributed by atoms with van der Waals surface area (Å²) < 4.78 is 29.8. The van der Waals surface area contributed by atoms with Crippen LogP contribution in [0.15, 0.2) is 57.3 Å². The number of Topliss-reactive ketones (excluding diaryl/α,β-unsaturated/α-hetero) is 1. The number of ketones is 1. The summed E-state index contributed by atoms with van der Waals surface area (Å²) >= 11 is 0. The minimum absolute atomic E-state index is 0.112. The molecule has 0 saturated heterocycles. The molecule has 2 aliphatic rings. The first-order valence-electron chi connectivity index (χ1n) is 12.0. The first-order valence-corrected chi connectivity index (χ1v) is 13.4. The van der Waals surface area contributed by atoms with Crippen molar-refractivity contribution in [1.29, 1.82) is 0 Å². The third-order valence-electron chi connectivity index (χ3n) is 6.84. The van der Waals surface area contributed by atoms with Crippen molar-refractivity contribution >= 4 is 33.1 Å². The van der Waals surface area contributed by atoms with Gasteiger partial charge in [0.2, 0.25) is 0 Å². The molecule has 0 saturated carbocycles. The van der Waals surface area contributed by atoms with E-state index in [0.717, 1.165) is 24.5 Å². The summed E-state index contributed by atoms with van der Waals surface area (Å²) in [6.07, 6.45) is 2.75. The second kappa shape index (κ2) is 9.15. The molecule has 0 spiro atoms. The van der Waals surface area contributed by atoms with Crippen LogP contribution >= 0.6 is 0 Å². The summed E-state index contributed by atoms with van der Waals surface area (Å²) in [5, 5.41) is 24.0. The molecule has 3 N–H and O–H groups in total. The Bertz CT molecular complexity index is 1330. The van der Waals surface area contributed by atoms with Gasteiger partial charge in [-0.15, -0.1) is 4.40 Å². The van der Waals surface area contributed by atoms with Crippen LogP contribution in [0.5, 0.6) is 5.75 Å². The van der Waals surface area contributed by atoms with Crippen LogP contribution < -0.4 is 5.32 Å². The minimum Gasteiger partial charge on any atom is -0.508 e. The lowest BCUT2D eigenvalue weighted by molar-refractivity contribution is -0.121. The number of fused-ring (bicyclic) bond motifs is 2. The number of rotatable bonds is 7. The summed E-state index contributed by atoms with van der Waals surface area (Å²) in [7, 11) is -4.21. The molecule has 0 atom stereocenters. The van der Waals surface area contributed by atoms with Gasteiger partial charge >= 0.3 is 0 Å². The van der Waals surface area contributed by atoms with E-state index in [-0.39, 0.29) is 39.3 Å². The lowest BCUT2D eigenvalue weighted by atomic mass is 9.62. The molecule has 1 heterocycles. The lowest BCUT2D eigenvalue weighted by Crippen LogP contribution is -2.44. The molecule has 35 heavy (non-hydrogen) atoms. The van der Waals surface area contributed by atoms with Crippen molar-refractivity contribution in [2.45, 2.75) is 63.7 Å². The lowest BCUT2D eigenvalue weighted by Gasteiger charge is -2.40. The molecule has 2 aromatic rings. The normalized spacial score (nSPS) is 18.2. The Balaban J connectivity index is 1.92. The van der Waals surface area contributed by atoms with E-state index in [9.17, 15) is 23.4 Å². The molecular formula is C27H32N2O5S. The van der Waals surface area contributed by atoms with Gasteiger partial charge in [-0.2, -0.15) is 8.42 Å². The first-order chi connectivity index (χ1) is 16.5. The van der Waals surface area contributed by atoms with E-state index in [1.165, 1.54) is 12.1 Å². The largest absolute Gasteiger partial charge is 0.508 e. The Morgan fingerprint density at radius 1 is 0.971 bits per heavy atom. The molecular weight excluding hydrogens is 464 g/mol. The summed E-state index contributed by atoms with van der Waals surface area (Å²) in [5.74, 6) is -0.284. The highest BCUT2D eigenvalue weighted by molar-refractivity contribution is 7.90. The Kier molecular flexibility index (Phi) is 6.53. The van der Waals surface area contributed by atoms with Crippen LogP contribution in [-0.4, -0.2) is 30.2 Å². The summed E-state index contributed by atoms with van der Waals surface area (Å²) in [6.45, 7) is 8.43. The standard InChI is InChI=1S/C27H32N2O5S/c1-16(2)11-13-27(14-12-17(3)4)20-8-6-5-7-19(20)24(31)23(25(27)32)26-28-21-10-9-18(30)15-22(21)35(33,34)29-26/h5-10,15-17,30-31H,11-14H2,1-4H3,(H,28,29). The van der Waals surface area contributed by atoms with Crippen LogP contribution in [-0.2, 0) is 20.2 Å². The number of phenols is 1. The number of benzene rings is 2. The molecule has 2 aromatic carbocycles. The number of carbonyl (C=O) groups is 1. The number of phenolic OH excluding ortho intramolecular Hbond substituents is 1. The maximum absolute atomic E-state index is 14.3. The summed E-state index contributed by atoms with van der Waals surface area (Å²) in [4.78, 5) is 14.2. The van der Waals surface area contributed by atoms with E-state index in [2.05, 4.69) is 37.4 Å². The molecule has 0 aromatic heterocycles. The van der Waals surface area contributed by atoms with E-state index in [4.69, 9.17) is 0 Å². The van der Waals surface area contributed by atoms with Crippen molar-refractivity contribution in [2.24, 2.45) is 16.2 Å². The van der Waals surface area contributed by atoms with Crippen LogP contribution in [0.4, 0.5) is 5.69 Å². The van der Waals surface area contributed by atoms with Crippen molar-refractivity contribution < 1.29 is 23.4 Å². The van der Waals surface area contributed by atoms with Crippen LogP contribution in [0.25, 0.3) is 5.76 Å². The molecule has 186 valence electrons. The number of anilines is 1. The number of hydrogen-bond donors (Lipinski definition) is 3. The number of nitrogens with zero attached hydrogens (tertiary/aromatic N) is 1. The van der Waals surface area contributed by atoms with Crippen LogP contribution in [0.3, 0.4) is 0 Å². The van der Waals surface area contributed by atoms with Gasteiger partial charge < -0.3 is 15.5 Å². The zero-order valence-corrected chi connectivity index (χ0v) is 21.3. The minimum atomic E-state index is -4.21. The molecule has 8 heteroatoms. The number of sulfonamides is 1. The SMILES string of the molecule is CC(C)CCC1(CCC(C)C)C(=O)C(C2=NS(=O)(=O)c3cc(O)ccc3N2)=C(O)c2ccccc21. The second-order valence-electron chi connectivity index (χ2n) is 10.3. The summed E-state index contributed by atoms with van der Waals surface area (Å²) in [6, 6.07) is 11.2. The molecule has 0 radical (unpaired) electrons. The van der Waals surface area contributed by atoms with Crippen molar-refractivity contribution in [3.63, 3.8) is 0 Å². The smallest absolute Gasteiger partial charge is 0.286 e. The van der Waals surface area contributed by atoms with Gasteiger partial charge in [0.1, 0.15) is 22.0 Å². The molecule has 1 aliphatic heterocycles. The molecule has 0 unspecified atom stereocenters. The number of aliphatic hydroxyl groups is 1. The van der Waals surface area contributed by atoms with E-state index >= 15 is 0 Å². The van der Waals surface area contributed by atoms with Crippen molar-refractivity contribution in [3.8, 4) is 5.75 Å². The Morgan fingerprint density at radius 2 is 1.60 bits per heavy atom. The number of carbonyl (C=O) groups excluding carboxylic acids is 1. The number of aliphatic hydroxyl groups excluding tert-OH is 1. The Morgan fingerprint density at radius 3 is 2.23 bits per heavy atom. The monoisotopic (exact) mass is 496 g/mol. The average molecular weight is 497 g/mol. The van der Waals surface area contributed by atoms with E-state index in [1.807, 2.05) is 12.1 Å². The Labute approximate surface area is 206 Å². The van der Waals surface area contributed by atoms with E-state index in [1.54, 1.807) is 12.1 Å². The fourth-order valence-electron chi connectivity index (χ4n) is 4.88. The molecule has 1 aliphatic carbocycles. The van der Waals surface area contributed by atoms with Crippen LogP contribution in [0.1, 0.15) is 64.5 Å². The molecule has 0 bridgehead atoms. The van der Waals surface area contributed by atoms with Crippen LogP contribution in [0, 0.1) is 11.8 Å². The van der Waals surface area contributed by atoms with Crippen molar-refractivity contribution in [1.82, 2.24) is 0 Å².